The van der Waals surface area contributed by atoms with Crippen molar-refractivity contribution in [1.29, 1.82) is 0 Å². The van der Waals surface area contributed by atoms with Crippen LogP contribution in [0, 0.1) is 0 Å². The molecule has 3 rings (SSSR count). The van der Waals surface area contributed by atoms with Gasteiger partial charge in [0.05, 0.1) is 5.56 Å². The third kappa shape index (κ3) is 2.78. The Bertz CT molecular complexity index is 717. The number of hydrogen-bond acceptors (Lipinski definition) is 2. The highest BCUT2D eigenvalue weighted by molar-refractivity contribution is 9.10. The lowest BCUT2D eigenvalue weighted by Crippen LogP contribution is -2.35. The number of anilines is 2. The first-order chi connectivity index (χ1) is 10.1. The molecule has 0 atom stereocenters. The predicted molar refractivity (Wildman–Crippen MR) is 90.0 cm³/mol. The van der Waals surface area contributed by atoms with Gasteiger partial charge in [0, 0.05) is 27.4 Å². The maximum absolute atomic E-state index is 12.8. The molecule has 108 valence electrons. The van der Waals surface area contributed by atoms with E-state index < -0.39 is 0 Å². The van der Waals surface area contributed by atoms with Crippen LogP contribution in [0.1, 0.15) is 22.3 Å². The molecule has 3 nitrogen and oxygen atoms in total. The molecule has 0 spiro atoms. The number of benzene rings is 2. The Morgan fingerprint density at radius 3 is 2.86 bits per heavy atom. The van der Waals surface area contributed by atoms with Crippen LogP contribution >= 0.6 is 27.5 Å². The minimum absolute atomic E-state index is 0.0593. The molecule has 1 heterocycles. The molecule has 0 unspecified atom stereocenters. The second-order valence-corrected chi connectivity index (χ2v) is 6.36. The largest absolute Gasteiger partial charge is 0.399 e. The molecular formula is C16H14BrClN2O. The summed E-state index contributed by atoms with van der Waals surface area (Å²) in [6.45, 7) is 0.689. The Morgan fingerprint density at radius 1 is 1.24 bits per heavy atom. The van der Waals surface area contributed by atoms with Crippen LogP contribution in [0.5, 0.6) is 0 Å². The minimum Gasteiger partial charge on any atom is -0.399 e. The van der Waals surface area contributed by atoms with E-state index in [4.69, 9.17) is 17.3 Å². The lowest BCUT2D eigenvalue weighted by molar-refractivity contribution is 0.0984. The van der Waals surface area contributed by atoms with Gasteiger partial charge in [0.25, 0.3) is 5.91 Å². The average molecular weight is 366 g/mol. The second-order valence-electron chi connectivity index (χ2n) is 5.07. The van der Waals surface area contributed by atoms with Crippen LogP contribution in [-0.4, -0.2) is 12.5 Å². The van der Waals surface area contributed by atoms with Gasteiger partial charge in [-0.3, -0.25) is 4.79 Å². The zero-order valence-corrected chi connectivity index (χ0v) is 13.6. The molecule has 0 aliphatic carbocycles. The van der Waals surface area contributed by atoms with Crippen molar-refractivity contribution in [2.24, 2.45) is 0 Å². The first-order valence-electron chi connectivity index (χ1n) is 6.71. The molecule has 0 fully saturated rings. The minimum atomic E-state index is -0.0593. The Labute approximate surface area is 136 Å². The highest BCUT2D eigenvalue weighted by Crippen LogP contribution is 2.32. The van der Waals surface area contributed by atoms with Gasteiger partial charge in [0.2, 0.25) is 0 Å². The van der Waals surface area contributed by atoms with Gasteiger partial charge in [0.1, 0.15) is 0 Å². The number of carbonyl (C=O) groups excluding carboxylic acids is 1. The standard InChI is InChI=1S/C16H14BrClN2O/c17-14-6-4-11(18)8-13(14)16(21)20-7-1-2-10-3-5-12(19)9-15(10)20/h3-6,8-9H,1-2,7,19H2. The number of nitrogens with two attached hydrogens (primary N) is 1. The van der Waals surface area contributed by atoms with Crippen molar-refractivity contribution in [3.05, 3.63) is 57.0 Å². The molecule has 0 bridgehead atoms. The molecule has 5 heteroatoms. The van der Waals surface area contributed by atoms with E-state index in [1.165, 1.54) is 0 Å². The van der Waals surface area contributed by atoms with E-state index in [0.717, 1.165) is 28.6 Å². The van der Waals surface area contributed by atoms with Crippen LogP contribution in [0.3, 0.4) is 0 Å². The molecule has 2 aromatic rings. The summed E-state index contributed by atoms with van der Waals surface area (Å²) in [5, 5.41) is 0.548. The first kappa shape index (κ1) is 14.4. The van der Waals surface area contributed by atoms with E-state index in [-0.39, 0.29) is 5.91 Å². The molecular weight excluding hydrogens is 352 g/mol. The number of nitrogen functional groups attached to an aromatic ring is 1. The molecule has 2 aromatic carbocycles. The highest BCUT2D eigenvalue weighted by Gasteiger charge is 2.25. The number of amides is 1. The number of nitrogens with zero attached hydrogens (tertiary/aromatic N) is 1. The van der Waals surface area contributed by atoms with E-state index in [2.05, 4.69) is 15.9 Å². The van der Waals surface area contributed by atoms with Crippen molar-refractivity contribution >= 4 is 44.8 Å². The fourth-order valence-corrected chi connectivity index (χ4v) is 3.20. The van der Waals surface area contributed by atoms with Crippen molar-refractivity contribution in [3.8, 4) is 0 Å². The highest BCUT2D eigenvalue weighted by atomic mass is 79.9. The monoisotopic (exact) mass is 364 g/mol. The van der Waals surface area contributed by atoms with Gasteiger partial charge in [-0.1, -0.05) is 17.7 Å². The number of rotatable bonds is 1. The van der Waals surface area contributed by atoms with E-state index >= 15 is 0 Å². The SMILES string of the molecule is Nc1ccc2c(c1)N(C(=O)c1cc(Cl)ccc1Br)CCC2. The van der Waals surface area contributed by atoms with Crippen molar-refractivity contribution in [2.45, 2.75) is 12.8 Å². The van der Waals surface area contributed by atoms with E-state index in [0.29, 0.717) is 22.8 Å². The topological polar surface area (TPSA) is 46.3 Å². The molecule has 0 aromatic heterocycles. The van der Waals surface area contributed by atoms with Crippen LogP contribution in [0.4, 0.5) is 11.4 Å². The second kappa shape index (κ2) is 5.70. The maximum Gasteiger partial charge on any atom is 0.259 e. The fourth-order valence-electron chi connectivity index (χ4n) is 2.61. The van der Waals surface area contributed by atoms with Crippen LogP contribution in [-0.2, 0) is 6.42 Å². The van der Waals surface area contributed by atoms with E-state index in [1.807, 2.05) is 18.2 Å². The van der Waals surface area contributed by atoms with Crippen LogP contribution < -0.4 is 10.6 Å². The predicted octanol–water partition coefficient (Wildman–Crippen LogP) is 4.28. The van der Waals surface area contributed by atoms with Gasteiger partial charge < -0.3 is 10.6 Å². The Kier molecular flexibility index (Phi) is 3.91. The quantitative estimate of drug-likeness (QED) is 0.767. The number of halogens is 2. The summed E-state index contributed by atoms with van der Waals surface area (Å²) in [6.07, 6.45) is 1.91. The zero-order valence-electron chi connectivity index (χ0n) is 11.3. The average Bonchev–Trinajstić information content (AvgIpc) is 2.48. The van der Waals surface area contributed by atoms with Crippen LogP contribution in [0.2, 0.25) is 5.02 Å². The lowest BCUT2D eigenvalue weighted by atomic mass is 10.00. The van der Waals surface area contributed by atoms with Crippen molar-refractivity contribution in [1.82, 2.24) is 0 Å². The summed E-state index contributed by atoms with van der Waals surface area (Å²) in [7, 11) is 0. The van der Waals surface area contributed by atoms with Crippen molar-refractivity contribution in [2.75, 3.05) is 17.2 Å². The summed E-state index contributed by atoms with van der Waals surface area (Å²) < 4.78 is 0.743. The summed E-state index contributed by atoms with van der Waals surface area (Å²) in [6, 6.07) is 11.0. The van der Waals surface area contributed by atoms with Gasteiger partial charge in [-0.25, -0.2) is 0 Å². The summed E-state index contributed by atoms with van der Waals surface area (Å²) >= 11 is 9.43. The zero-order chi connectivity index (χ0) is 15.0. The van der Waals surface area contributed by atoms with Gasteiger partial charge in [-0.05, 0) is 64.7 Å². The number of carbonyl (C=O) groups is 1. The fraction of sp³-hybridized carbons (Fsp3) is 0.188. The van der Waals surface area contributed by atoms with E-state index in [9.17, 15) is 4.79 Å². The third-order valence-corrected chi connectivity index (χ3v) is 4.56. The molecule has 1 amide bonds. The first-order valence-corrected chi connectivity index (χ1v) is 7.88. The summed E-state index contributed by atoms with van der Waals surface area (Å²) in [4.78, 5) is 14.6. The van der Waals surface area contributed by atoms with Crippen molar-refractivity contribution in [3.63, 3.8) is 0 Å². The lowest BCUT2D eigenvalue weighted by Gasteiger charge is -2.30. The molecule has 0 saturated heterocycles. The number of aryl methyl sites for hydroxylation is 1. The molecule has 1 aliphatic heterocycles. The number of hydrogen-bond donors (Lipinski definition) is 1. The maximum atomic E-state index is 12.8. The Morgan fingerprint density at radius 2 is 2.05 bits per heavy atom. The Balaban J connectivity index is 2.04. The molecule has 21 heavy (non-hydrogen) atoms. The summed E-state index contributed by atoms with van der Waals surface area (Å²) in [5.74, 6) is -0.0593. The molecule has 1 aliphatic rings. The molecule has 2 N–H and O–H groups in total. The molecule has 0 saturated carbocycles. The van der Waals surface area contributed by atoms with Gasteiger partial charge >= 0.3 is 0 Å². The van der Waals surface area contributed by atoms with Gasteiger partial charge in [-0.15, -0.1) is 0 Å². The number of fused-ring (bicyclic) bond motifs is 1. The third-order valence-electron chi connectivity index (χ3n) is 3.63. The molecule has 0 radical (unpaired) electrons. The van der Waals surface area contributed by atoms with Crippen LogP contribution in [0.15, 0.2) is 40.9 Å². The van der Waals surface area contributed by atoms with Crippen molar-refractivity contribution < 1.29 is 4.79 Å². The van der Waals surface area contributed by atoms with Gasteiger partial charge in [-0.2, -0.15) is 0 Å². The van der Waals surface area contributed by atoms with Crippen LogP contribution in [0.25, 0.3) is 0 Å². The Hall–Kier alpha value is -1.52. The normalized spacial score (nSPS) is 13.9. The smallest absolute Gasteiger partial charge is 0.259 e. The summed E-state index contributed by atoms with van der Waals surface area (Å²) in [5.41, 5.74) is 9.16. The van der Waals surface area contributed by atoms with Gasteiger partial charge in [0.15, 0.2) is 0 Å². The van der Waals surface area contributed by atoms with E-state index in [1.54, 1.807) is 23.1 Å².